The first kappa shape index (κ1) is 37.8. The molecule has 3 heterocycles. The van der Waals surface area contributed by atoms with E-state index in [0.717, 1.165) is 40.6 Å². The quantitative estimate of drug-likeness (QED) is 0.150. The Morgan fingerprint density at radius 1 is 0.864 bits per heavy atom. The van der Waals surface area contributed by atoms with E-state index in [-0.39, 0.29) is 24.8 Å². The number of nitrogens with two attached hydrogens (primary N) is 2. The highest BCUT2D eigenvalue weighted by Gasteiger charge is 2.35. The minimum absolute atomic E-state index is 0. The van der Waals surface area contributed by atoms with Crippen molar-refractivity contribution in [3.8, 4) is 0 Å². The van der Waals surface area contributed by atoms with Crippen molar-refractivity contribution in [3.63, 3.8) is 0 Å². The number of imidazole rings is 1. The molecule has 4 N–H and O–H groups in total. The van der Waals surface area contributed by atoms with Crippen LogP contribution in [0.4, 0.5) is 22.7 Å². The maximum absolute atomic E-state index is 5.96. The number of rotatable bonds is 8. The molecule has 0 amide bonds. The van der Waals surface area contributed by atoms with Crippen LogP contribution in [0.3, 0.4) is 0 Å². The smallest absolute Gasteiger partial charge is 0.243 e. The third-order valence-corrected chi connectivity index (χ3v) is 11.3. The third kappa shape index (κ3) is 10.1. The molecule has 0 radical (unpaired) electrons. The number of nitrogen functional groups attached to an aromatic ring is 2. The number of benzene rings is 2. The van der Waals surface area contributed by atoms with Gasteiger partial charge in [0.25, 0.3) is 0 Å². The van der Waals surface area contributed by atoms with Crippen LogP contribution in [0.25, 0.3) is 0 Å². The molecule has 2 saturated heterocycles. The summed E-state index contributed by atoms with van der Waals surface area (Å²) in [4.78, 5) is 4.98. The Hall–Kier alpha value is -2.39. The van der Waals surface area contributed by atoms with Gasteiger partial charge in [-0.25, -0.2) is 9.13 Å². The maximum atomic E-state index is 5.96. The number of quaternary nitrogens is 1. The summed E-state index contributed by atoms with van der Waals surface area (Å²) in [5, 5.41) is 0. The van der Waals surface area contributed by atoms with Crippen LogP contribution in [0.15, 0.2) is 55.1 Å². The van der Waals surface area contributed by atoms with Gasteiger partial charge in [-0.2, -0.15) is 0 Å². The molecule has 10 heteroatoms. The number of hydrogen-bond acceptors (Lipinski definition) is 4. The average Bonchev–Trinajstić information content (AvgIpc) is 3.68. The SMILES string of the molecule is Cc1cc(N2CCC([N+](C)(C)CCC[Si](C)(C)C)C2)ccc1N.Cc1cc(N2CCC(n3cc[n+](C)c3)C2)ccc1N.[Cl-].[Cl-]. The lowest BCUT2D eigenvalue weighted by molar-refractivity contribution is -0.912. The molecule has 5 rings (SSSR count). The topological polar surface area (TPSA) is 67.3 Å². The van der Waals surface area contributed by atoms with Crippen molar-refractivity contribution in [3.05, 3.63) is 66.2 Å². The van der Waals surface area contributed by atoms with Crippen LogP contribution in [0.5, 0.6) is 0 Å². The van der Waals surface area contributed by atoms with E-state index in [4.69, 9.17) is 11.5 Å². The van der Waals surface area contributed by atoms with E-state index in [1.165, 1.54) is 61.9 Å². The summed E-state index contributed by atoms with van der Waals surface area (Å²) in [5.74, 6) is 0. The highest BCUT2D eigenvalue weighted by atomic mass is 35.5. The Morgan fingerprint density at radius 2 is 1.41 bits per heavy atom. The Labute approximate surface area is 280 Å². The van der Waals surface area contributed by atoms with Gasteiger partial charge >= 0.3 is 0 Å². The Balaban J connectivity index is 0.000000297. The zero-order chi connectivity index (χ0) is 30.7. The summed E-state index contributed by atoms with van der Waals surface area (Å²) >= 11 is 0. The standard InChI is InChI=1S/C19H36N3Si.C15H21N4.2ClH/c1-16-14-17(8-9-19(16)20)21-11-10-18(15-21)22(2,3)12-7-13-23(4,5)6;1-12-9-13(3-4-15(12)16)18-6-5-14(10-18)19-8-7-17(2)11-19;;/h8-9,14,18H,7,10-13,15,20H2,1-6H3;3-4,7-9,11,14H,5-6,10,16H2,1-2H3;2*1H/q2*+1;;/p-2. The lowest BCUT2D eigenvalue weighted by Gasteiger charge is -2.37. The van der Waals surface area contributed by atoms with E-state index in [2.05, 4.69) is 117 Å². The molecule has 2 unspecified atom stereocenters. The minimum atomic E-state index is -0.907. The van der Waals surface area contributed by atoms with Crippen LogP contribution < -0.4 is 50.6 Å². The first-order valence-electron chi connectivity index (χ1n) is 15.8. The van der Waals surface area contributed by atoms with Crippen LogP contribution in [0, 0.1) is 13.8 Å². The second-order valence-corrected chi connectivity index (χ2v) is 20.2. The highest BCUT2D eigenvalue weighted by molar-refractivity contribution is 6.76. The van der Waals surface area contributed by atoms with Gasteiger partial charge in [0.05, 0.1) is 40.8 Å². The van der Waals surface area contributed by atoms with Gasteiger partial charge in [-0.15, -0.1) is 0 Å². The molecule has 2 aliphatic heterocycles. The van der Waals surface area contributed by atoms with Crippen molar-refractivity contribution in [1.82, 2.24) is 4.57 Å². The molecule has 246 valence electrons. The molecule has 2 aromatic carbocycles. The lowest BCUT2D eigenvalue weighted by Crippen LogP contribution is -3.00. The van der Waals surface area contributed by atoms with E-state index in [9.17, 15) is 0 Å². The van der Waals surface area contributed by atoms with E-state index >= 15 is 0 Å². The summed E-state index contributed by atoms with van der Waals surface area (Å²) < 4.78 is 5.56. The van der Waals surface area contributed by atoms with Crippen molar-refractivity contribution < 1.29 is 33.9 Å². The number of aromatic nitrogens is 2. The molecule has 0 bridgehead atoms. The molecule has 0 spiro atoms. The molecule has 0 aliphatic carbocycles. The molecular weight excluding hydrogens is 605 g/mol. The third-order valence-electron chi connectivity index (χ3n) is 9.42. The fourth-order valence-electron chi connectivity index (χ4n) is 6.36. The Bertz CT molecular complexity index is 1340. The first-order valence-corrected chi connectivity index (χ1v) is 19.5. The van der Waals surface area contributed by atoms with E-state index in [0.29, 0.717) is 6.04 Å². The number of anilines is 4. The van der Waals surface area contributed by atoms with Crippen LogP contribution in [0.1, 0.15) is 36.4 Å². The molecule has 3 aromatic rings. The van der Waals surface area contributed by atoms with Gasteiger partial charge in [-0.05, 0) is 67.8 Å². The number of likely N-dealkylation sites (N-methyl/N-ethyl adjacent to an activating group) is 1. The lowest BCUT2D eigenvalue weighted by atomic mass is 10.1. The van der Waals surface area contributed by atoms with Gasteiger partial charge in [-0.1, -0.05) is 25.7 Å². The van der Waals surface area contributed by atoms with Gasteiger partial charge in [0.2, 0.25) is 6.33 Å². The second-order valence-electron chi connectivity index (χ2n) is 14.6. The molecule has 2 aliphatic rings. The van der Waals surface area contributed by atoms with Crippen molar-refractivity contribution >= 4 is 30.8 Å². The van der Waals surface area contributed by atoms with Crippen molar-refractivity contribution in [2.24, 2.45) is 7.05 Å². The fourth-order valence-corrected chi connectivity index (χ4v) is 7.58. The van der Waals surface area contributed by atoms with Crippen LogP contribution in [-0.2, 0) is 7.05 Å². The molecule has 2 atom stereocenters. The number of hydrogen-bond donors (Lipinski definition) is 2. The van der Waals surface area contributed by atoms with Crippen molar-refractivity contribution in [2.75, 3.05) is 68.1 Å². The second kappa shape index (κ2) is 15.7. The van der Waals surface area contributed by atoms with Gasteiger partial charge in [0.1, 0.15) is 24.5 Å². The van der Waals surface area contributed by atoms with E-state index in [1.807, 2.05) is 12.1 Å². The number of halogens is 2. The van der Waals surface area contributed by atoms with Gasteiger partial charge < -0.3 is 50.6 Å². The largest absolute Gasteiger partial charge is 1.00 e. The summed E-state index contributed by atoms with van der Waals surface area (Å²) in [6.07, 6.45) is 10.3. The Kier molecular flexibility index (Phi) is 13.5. The monoisotopic (exact) mass is 661 g/mol. The van der Waals surface area contributed by atoms with E-state index in [1.54, 1.807) is 0 Å². The van der Waals surface area contributed by atoms with Gasteiger partial charge in [0, 0.05) is 56.8 Å². The van der Waals surface area contributed by atoms with Gasteiger partial charge in [-0.3, -0.25) is 0 Å². The van der Waals surface area contributed by atoms with Crippen LogP contribution in [-0.4, -0.2) is 70.0 Å². The minimum Gasteiger partial charge on any atom is -1.00 e. The summed E-state index contributed by atoms with van der Waals surface area (Å²) in [5.41, 5.74) is 18.6. The van der Waals surface area contributed by atoms with Crippen LogP contribution >= 0.6 is 0 Å². The first-order chi connectivity index (χ1) is 19.7. The average molecular weight is 663 g/mol. The molecule has 2 fully saturated rings. The molecular formula is C34H57Cl2N7Si. The molecule has 7 nitrogen and oxygen atoms in total. The Morgan fingerprint density at radius 3 is 1.91 bits per heavy atom. The maximum Gasteiger partial charge on any atom is 0.243 e. The zero-order valence-electron chi connectivity index (χ0n) is 28.4. The molecule has 44 heavy (non-hydrogen) atoms. The highest BCUT2D eigenvalue weighted by Crippen LogP contribution is 2.30. The van der Waals surface area contributed by atoms with Crippen molar-refractivity contribution in [2.45, 2.75) is 70.9 Å². The number of aryl methyl sites for hydroxylation is 3. The van der Waals surface area contributed by atoms with Crippen molar-refractivity contribution in [1.29, 1.82) is 0 Å². The molecule has 0 saturated carbocycles. The van der Waals surface area contributed by atoms with Gasteiger partial charge in [0.15, 0.2) is 0 Å². The predicted molar refractivity (Wildman–Crippen MR) is 183 cm³/mol. The normalized spacial score (nSPS) is 18.4. The van der Waals surface area contributed by atoms with E-state index < -0.39 is 8.07 Å². The zero-order valence-corrected chi connectivity index (χ0v) is 30.9. The fraction of sp³-hybridized carbons (Fsp3) is 0.559. The summed E-state index contributed by atoms with van der Waals surface area (Å²) in [6.45, 7) is 17.4. The molecule has 1 aromatic heterocycles. The summed E-state index contributed by atoms with van der Waals surface area (Å²) in [7, 11) is 6.00. The van der Waals surface area contributed by atoms with Crippen LogP contribution in [0.2, 0.25) is 25.7 Å². The summed E-state index contributed by atoms with van der Waals surface area (Å²) in [6, 6.07) is 15.5. The predicted octanol–water partition coefficient (Wildman–Crippen LogP) is -0.377. The number of nitrogens with zero attached hydrogens (tertiary/aromatic N) is 5.